The van der Waals surface area contributed by atoms with Crippen LogP contribution >= 0.6 is 11.6 Å². The van der Waals surface area contributed by atoms with E-state index < -0.39 is 28.7 Å². The van der Waals surface area contributed by atoms with Crippen molar-refractivity contribution < 1.29 is 29.9 Å². The molecule has 1 aliphatic rings. The number of aromatic hydroxyl groups is 5. The monoisotopic (exact) mass is 436 g/mol. The van der Waals surface area contributed by atoms with Crippen LogP contribution in [-0.4, -0.2) is 25.5 Å². The molecule has 0 atom stereocenters. The second-order valence-electron chi connectivity index (χ2n) is 7.38. The predicted octanol–water partition coefficient (Wildman–Crippen LogP) is 5.91. The van der Waals surface area contributed by atoms with Crippen molar-refractivity contribution in [3.8, 4) is 51.0 Å². The highest BCUT2D eigenvalue weighted by Crippen LogP contribution is 2.55. The standard InChI is InChI=1S/C24H17ClO6/c25-19-13(8-9-16-18(19)14-6-1-2-7-15(14)31-16)11-4-3-5-12(10-11)17-20(26)22(28)24(30)23(29)21(17)27/h1,3-6,8-10,26-30H,2,7H2. The zero-order valence-electron chi connectivity index (χ0n) is 16.1. The molecule has 156 valence electrons. The molecule has 0 amide bonds. The van der Waals surface area contributed by atoms with E-state index >= 15 is 0 Å². The summed E-state index contributed by atoms with van der Waals surface area (Å²) in [5, 5.41) is 51.3. The van der Waals surface area contributed by atoms with Gasteiger partial charge in [-0.05, 0) is 35.7 Å². The third-order valence-electron chi connectivity index (χ3n) is 5.56. The number of furan rings is 1. The highest BCUT2D eigenvalue weighted by molar-refractivity contribution is 6.38. The topological polar surface area (TPSA) is 114 Å². The van der Waals surface area contributed by atoms with Crippen LogP contribution in [-0.2, 0) is 6.42 Å². The van der Waals surface area contributed by atoms with Gasteiger partial charge in [0.15, 0.2) is 11.5 Å². The molecule has 1 aliphatic carbocycles. The molecule has 0 saturated carbocycles. The van der Waals surface area contributed by atoms with Crippen LogP contribution in [0.5, 0.6) is 28.7 Å². The van der Waals surface area contributed by atoms with Gasteiger partial charge in [0.25, 0.3) is 0 Å². The Kier molecular flexibility index (Phi) is 4.27. The van der Waals surface area contributed by atoms with E-state index in [0.717, 1.165) is 29.6 Å². The van der Waals surface area contributed by atoms with Crippen LogP contribution in [0.3, 0.4) is 0 Å². The van der Waals surface area contributed by atoms with Gasteiger partial charge in [-0.25, -0.2) is 0 Å². The Morgan fingerprint density at radius 2 is 1.48 bits per heavy atom. The molecule has 3 aromatic carbocycles. The van der Waals surface area contributed by atoms with Crippen molar-refractivity contribution in [3.63, 3.8) is 0 Å². The summed E-state index contributed by atoms with van der Waals surface area (Å²) in [6, 6.07) is 10.4. The lowest BCUT2D eigenvalue weighted by Gasteiger charge is -2.14. The normalized spacial score (nSPS) is 12.9. The largest absolute Gasteiger partial charge is 0.504 e. The van der Waals surface area contributed by atoms with E-state index in [9.17, 15) is 25.5 Å². The van der Waals surface area contributed by atoms with Crippen molar-refractivity contribution in [1.29, 1.82) is 0 Å². The summed E-state index contributed by atoms with van der Waals surface area (Å²) in [5.41, 5.74) is 3.16. The molecule has 31 heavy (non-hydrogen) atoms. The molecule has 1 aromatic heterocycles. The lowest BCUT2D eigenvalue weighted by atomic mass is 9.95. The molecule has 1 heterocycles. The van der Waals surface area contributed by atoms with Crippen LogP contribution in [0.2, 0.25) is 5.02 Å². The van der Waals surface area contributed by atoms with Gasteiger partial charge in [0, 0.05) is 22.9 Å². The molecule has 0 saturated heterocycles. The summed E-state index contributed by atoms with van der Waals surface area (Å²) in [4.78, 5) is 0. The van der Waals surface area contributed by atoms with Crippen LogP contribution in [0.25, 0.3) is 39.3 Å². The van der Waals surface area contributed by atoms with E-state index in [0.29, 0.717) is 27.3 Å². The SMILES string of the molecule is Oc1c(O)c(O)c(-c2cccc(-c3ccc4oc5c(c4c3Cl)C=CCC5)c2)c(O)c1O. The zero-order valence-corrected chi connectivity index (χ0v) is 16.8. The zero-order chi connectivity index (χ0) is 21.9. The Balaban J connectivity index is 1.70. The lowest BCUT2D eigenvalue weighted by molar-refractivity contribution is 0.330. The summed E-state index contributed by atoms with van der Waals surface area (Å²) < 4.78 is 5.94. The van der Waals surface area contributed by atoms with Crippen molar-refractivity contribution in [1.82, 2.24) is 0 Å². The van der Waals surface area contributed by atoms with Gasteiger partial charge in [-0.2, -0.15) is 0 Å². The van der Waals surface area contributed by atoms with Crippen LogP contribution in [0.4, 0.5) is 0 Å². The van der Waals surface area contributed by atoms with E-state index in [4.69, 9.17) is 16.0 Å². The number of allylic oxidation sites excluding steroid dienone is 1. The third-order valence-corrected chi connectivity index (χ3v) is 5.95. The van der Waals surface area contributed by atoms with Crippen LogP contribution in [0.15, 0.2) is 46.9 Å². The fourth-order valence-corrected chi connectivity index (χ4v) is 4.39. The minimum atomic E-state index is -0.999. The van der Waals surface area contributed by atoms with Crippen molar-refractivity contribution in [3.05, 3.63) is 58.8 Å². The Bertz CT molecular complexity index is 1370. The molecule has 0 radical (unpaired) electrons. The maximum Gasteiger partial charge on any atom is 0.208 e. The maximum atomic E-state index is 10.3. The van der Waals surface area contributed by atoms with Gasteiger partial charge >= 0.3 is 0 Å². The van der Waals surface area contributed by atoms with Crippen molar-refractivity contribution in [2.24, 2.45) is 0 Å². The highest BCUT2D eigenvalue weighted by Gasteiger charge is 2.25. The van der Waals surface area contributed by atoms with Crippen LogP contribution in [0.1, 0.15) is 17.7 Å². The molecule has 5 N–H and O–H groups in total. The highest BCUT2D eigenvalue weighted by atomic mass is 35.5. The first kappa shape index (κ1) is 19.2. The second kappa shape index (κ2) is 6.89. The quantitative estimate of drug-likeness (QED) is 0.197. The smallest absolute Gasteiger partial charge is 0.208 e. The molecule has 0 aliphatic heterocycles. The molecular weight excluding hydrogens is 420 g/mol. The number of phenols is 5. The Morgan fingerprint density at radius 3 is 2.23 bits per heavy atom. The van der Waals surface area contributed by atoms with Crippen molar-refractivity contribution in [2.45, 2.75) is 12.8 Å². The van der Waals surface area contributed by atoms with Gasteiger partial charge in [-0.1, -0.05) is 42.0 Å². The van der Waals surface area contributed by atoms with Crippen LogP contribution < -0.4 is 0 Å². The summed E-state index contributed by atoms with van der Waals surface area (Å²) in [7, 11) is 0. The number of phenolic OH excluding ortho intramolecular Hbond substituents is 5. The van der Waals surface area contributed by atoms with E-state index in [1.165, 1.54) is 0 Å². The summed E-state index contributed by atoms with van der Waals surface area (Å²) >= 11 is 6.78. The minimum absolute atomic E-state index is 0.213. The lowest BCUT2D eigenvalue weighted by Crippen LogP contribution is -1.89. The predicted molar refractivity (Wildman–Crippen MR) is 118 cm³/mol. The number of aryl methyl sites for hydroxylation is 1. The number of fused-ring (bicyclic) bond motifs is 3. The van der Waals surface area contributed by atoms with E-state index in [1.807, 2.05) is 24.3 Å². The fraction of sp³-hybridized carbons (Fsp3) is 0.0833. The number of hydrogen-bond acceptors (Lipinski definition) is 6. The molecule has 0 unspecified atom stereocenters. The van der Waals surface area contributed by atoms with Crippen LogP contribution in [0, 0.1) is 0 Å². The fourth-order valence-electron chi connectivity index (χ4n) is 4.02. The first-order chi connectivity index (χ1) is 14.9. The summed E-state index contributed by atoms with van der Waals surface area (Å²) in [6.45, 7) is 0. The number of benzene rings is 3. The van der Waals surface area contributed by atoms with Gasteiger partial charge in [-0.15, -0.1) is 0 Å². The number of rotatable bonds is 2. The number of halogens is 1. The first-order valence-electron chi connectivity index (χ1n) is 9.58. The Labute approximate surface area is 181 Å². The molecule has 6 nitrogen and oxygen atoms in total. The third kappa shape index (κ3) is 2.79. The first-order valence-corrected chi connectivity index (χ1v) is 9.96. The Morgan fingerprint density at radius 1 is 0.806 bits per heavy atom. The summed E-state index contributed by atoms with van der Waals surface area (Å²) in [6.07, 6.45) is 5.82. The van der Waals surface area contributed by atoms with Gasteiger partial charge < -0.3 is 29.9 Å². The summed E-state index contributed by atoms with van der Waals surface area (Å²) in [5.74, 6) is -3.45. The molecule has 7 heteroatoms. The van der Waals surface area contributed by atoms with Gasteiger partial charge in [0.05, 0.1) is 10.6 Å². The molecule has 0 spiro atoms. The average molecular weight is 437 g/mol. The molecule has 4 aromatic rings. The minimum Gasteiger partial charge on any atom is -0.504 e. The van der Waals surface area contributed by atoms with Gasteiger partial charge in [0.2, 0.25) is 17.2 Å². The molecule has 5 rings (SSSR count). The van der Waals surface area contributed by atoms with Crippen molar-refractivity contribution >= 4 is 28.6 Å². The molecule has 0 fully saturated rings. The maximum absolute atomic E-state index is 10.3. The van der Waals surface area contributed by atoms with Crippen molar-refractivity contribution in [2.75, 3.05) is 0 Å². The van der Waals surface area contributed by atoms with E-state index in [1.54, 1.807) is 18.2 Å². The van der Waals surface area contributed by atoms with Gasteiger partial charge in [-0.3, -0.25) is 0 Å². The number of hydrogen-bond donors (Lipinski definition) is 5. The second-order valence-corrected chi connectivity index (χ2v) is 7.76. The molecule has 0 bridgehead atoms. The molecular formula is C24H17ClO6. The van der Waals surface area contributed by atoms with E-state index in [2.05, 4.69) is 6.08 Å². The van der Waals surface area contributed by atoms with Gasteiger partial charge in [0.1, 0.15) is 11.3 Å². The van der Waals surface area contributed by atoms with E-state index in [-0.39, 0.29) is 5.56 Å². The Hall–Kier alpha value is -3.77. The average Bonchev–Trinajstić information content (AvgIpc) is 3.16.